The Kier molecular flexibility index (Phi) is 5.42. The molecule has 1 N–H and O–H groups in total. The first-order chi connectivity index (χ1) is 12.5. The van der Waals surface area contributed by atoms with E-state index in [4.69, 9.17) is 4.74 Å². The molecule has 0 aliphatic carbocycles. The lowest BCUT2D eigenvalue weighted by atomic mass is 9.94. The summed E-state index contributed by atoms with van der Waals surface area (Å²) < 4.78 is 5.00. The molecular weight excluding hydrogens is 348 g/mol. The number of nitrogens with one attached hydrogen (secondary N) is 1. The highest BCUT2D eigenvalue weighted by atomic mass is 32.1. The minimum atomic E-state index is -0.507. The second kappa shape index (κ2) is 7.74. The van der Waals surface area contributed by atoms with Crippen LogP contribution in [0.25, 0.3) is 0 Å². The van der Waals surface area contributed by atoms with Crippen molar-refractivity contribution >= 4 is 23.3 Å². The van der Waals surface area contributed by atoms with E-state index in [-0.39, 0.29) is 6.03 Å². The summed E-state index contributed by atoms with van der Waals surface area (Å²) in [5.74, 6) is -0.421. The molecule has 136 valence electrons. The van der Waals surface area contributed by atoms with E-state index in [1.54, 1.807) is 16.2 Å². The lowest BCUT2D eigenvalue weighted by Crippen LogP contribution is -2.48. The number of amides is 2. The van der Waals surface area contributed by atoms with Crippen molar-refractivity contribution in [2.75, 3.05) is 13.7 Å². The quantitative estimate of drug-likeness (QED) is 0.814. The van der Waals surface area contributed by atoms with Gasteiger partial charge in [0, 0.05) is 17.1 Å². The molecule has 1 aliphatic heterocycles. The second-order valence-corrected chi connectivity index (χ2v) is 7.30. The van der Waals surface area contributed by atoms with Crippen LogP contribution in [0, 0.1) is 6.92 Å². The molecule has 1 aliphatic rings. The molecule has 0 saturated carbocycles. The predicted octanol–water partition coefficient (Wildman–Crippen LogP) is 3.81. The number of carbonyl (C=O) groups excluding carboxylic acids is 2. The van der Waals surface area contributed by atoms with Gasteiger partial charge < -0.3 is 10.1 Å². The van der Waals surface area contributed by atoms with E-state index in [1.807, 2.05) is 55.6 Å². The van der Waals surface area contributed by atoms with Gasteiger partial charge in [0.25, 0.3) is 0 Å². The van der Waals surface area contributed by atoms with Gasteiger partial charge in [-0.1, -0.05) is 35.9 Å². The van der Waals surface area contributed by atoms with Crippen LogP contribution in [-0.2, 0) is 16.0 Å². The summed E-state index contributed by atoms with van der Waals surface area (Å²) in [6.07, 6.45) is 0.742. The molecule has 0 bridgehead atoms. The first-order valence-corrected chi connectivity index (χ1v) is 9.35. The number of nitrogens with zero attached hydrogens (tertiary/aromatic N) is 1. The van der Waals surface area contributed by atoms with Gasteiger partial charge in [0.1, 0.15) is 0 Å². The van der Waals surface area contributed by atoms with Crippen molar-refractivity contribution < 1.29 is 14.3 Å². The largest absolute Gasteiger partial charge is 0.466 e. The molecule has 2 heterocycles. The summed E-state index contributed by atoms with van der Waals surface area (Å²) in [7, 11) is 1.36. The lowest BCUT2D eigenvalue weighted by molar-refractivity contribution is -0.136. The SMILES string of the molecule is COC(=O)C1=C(C)N(CCc2cccs2)C(=O)NC1c1cccc(C)c1. The van der Waals surface area contributed by atoms with Crippen LogP contribution in [0.2, 0.25) is 0 Å². The number of ether oxygens (including phenoxy) is 1. The van der Waals surface area contributed by atoms with Crippen molar-refractivity contribution in [1.82, 2.24) is 10.2 Å². The smallest absolute Gasteiger partial charge is 0.337 e. The van der Waals surface area contributed by atoms with E-state index in [2.05, 4.69) is 5.32 Å². The number of allylic oxidation sites excluding steroid dienone is 1. The zero-order valence-corrected chi connectivity index (χ0v) is 15.9. The van der Waals surface area contributed by atoms with Gasteiger partial charge >= 0.3 is 12.0 Å². The molecule has 3 rings (SSSR count). The van der Waals surface area contributed by atoms with E-state index in [1.165, 1.54) is 12.0 Å². The van der Waals surface area contributed by atoms with E-state index in [9.17, 15) is 9.59 Å². The maximum Gasteiger partial charge on any atom is 0.337 e. The molecule has 2 aromatic rings. The van der Waals surface area contributed by atoms with E-state index in [0.717, 1.165) is 17.5 Å². The highest BCUT2D eigenvalue weighted by molar-refractivity contribution is 7.09. The predicted molar refractivity (Wildman–Crippen MR) is 102 cm³/mol. The summed E-state index contributed by atoms with van der Waals surface area (Å²) in [6.45, 7) is 4.30. The van der Waals surface area contributed by atoms with E-state index >= 15 is 0 Å². The van der Waals surface area contributed by atoms with Crippen LogP contribution >= 0.6 is 11.3 Å². The Balaban J connectivity index is 1.95. The van der Waals surface area contributed by atoms with Gasteiger partial charge in [-0.05, 0) is 37.3 Å². The molecule has 6 heteroatoms. The van der Waals surface area contributed by atoms with Gasteiger partial charge in [-0.15, -0.1) is 11.3 Å². The number of rotatable bonds is 5. The lowest BCUT2D eigenvalue weighted by Gasteiger charge is -2.35. The van der Waals surface area contributed by atoms with Crippen molar-refractivity contribution in [3.63, 3.8) is 0 Å². The van der Waals surface area contributed by atoms with Crippen LogP contribution in [-0.4, -0.2) is 30.6 Å². The third-order valence-corrected chi connectivity index (χ3v) is 5.48. The Bertz CT molecular complexity index is 843. The number of esters is 1. The van der Waals surface area contributed by atoms with Gasteiger partial charge in [-0.3, -0.25) is 4.90 Å². The second-order valence-electron chi connectivity index (χ2n) is 6.27. The molecule has 0 saturated heterocycles. The van der Waals surface area contributed by atoms with Gasteiger partial charge in [0.15, 0.2) is 0 Å². The molecule has 1 aromatic carbocycles. The summed E-state index contributed by atoms with van der Waals surface area (Å²) in [4.78, 5) is 28.0. The average Bonchev–Trinajstić information content (AvgIpc) is 3.14. The number of methoxy groups -OCH3 is 1. The zero-order chi connectivity index (χ0) is 18.7. The van der Waals surface area contributed by atoms with Crippen molar-refractivity contribution in [1.29, 1.82) is 0 Å². The summed E-state index contributed by atoms with van der Waals surface area (Å²) in [6, 6.07) is 11.1. The molecule has 2 amide bonds. The van der Waals surface area contributed by atoms with Crippen LogP contribution in [0.3, 0.4) is 0 Å². The molecule has 5 nitrogen and oxygen atoms in total. The molecule has 26 heavy (non-hydrogen) atoms. The molecule has 0 fully saturated rings. The van der Waals surface area contributed by atoms with E-state index < -0.39 is 12.0 Å². The van der Waals surface area contributed by atoms with Gasteiger partial charge in [0.2, 0.25) is 0 Å². The van der Waals surface area contributed by atoms with Crippen molar-refractivity contribution in [3.05, 3.63) is 69.1 Å². The average molecular weight is 370 g/mol. The maximum atomic E-state index is 12.7. The van der Waals surface area contributed by atoms with Crippen molar-refractivity contribution in [2.24, 2.45) is 0 Å². The number of benzene rings is 1. The number of aryl methyl sites for hydroxylation is 1. The van der Waals surface area contributed by atoms with Crippen molar-refractivity contribution in [3.8, 4) is 0 Å². The summed E-state index contributed by atoms with van der Waals surface area (Å²) in [5, 5.41) is 4.98. The first kappa shape index (κ1) is 18.2. The number of thiophene rings is 1. The first-order valence-electron chi connectivity index (χ1n) is 8.47. The van der Waals surface area contributed by atoms with Crippen molar-refractivity contribution in [2.45, 2.75) is 26.3 Å². The van der Waals surface area contributed by atoms with E-state index in [0.29, 0.717) is 17.8 Å². The van der Waals surface area contributed by atoms with Gasteiger partial charge in [0.05, 0.1) is 18.7 Å². The fourth-order valence-electron chi connectivity index (χ4n) is 3.20. The molecule has 1 atom stereocenters. The Labute approximate surface area is 157 Å². The standard InChI is InChI=1S/C20H22N2O3S/c1-13-6-4-7-15(12-13)18-17(19(23)25-3)14(2)22(20(24)21-18)10-9-16-8-5-11-26-16/h4-8,11-12,18H,9-10H2,1-3H3,(H,21,24). The number of urea groups is 1. The Morgan fingerprint density at radius 3 is 2.73 bits per heavy atom. The monoisotopic (exact) mass is 370 g/mol. The molecular formula is C20H22N2O3S. The number of hydrogen-bond acceptors (Lipinski definition) is 4. The molecule has 1 unspecified atom stereocenters. The Morgan fingerprint density at radius 2 is 2.08 bits per heavy atom. The summed E-state index contributed by atoms with van der Waals surface area (Å²) >= 11 is 1.66. The fourth-order valence-corrected chi connectivity index (χ4v) is 3.90. The van der Waals surface area contributed by atoms with Crippen LogP contribution in [0.5, 0.6) is 0 Å². The Morgan fingerprint density at radius 1 is 1.27 bits per heavy atom. The maximum absolute atomic E-state index is 12.7. The van der Waals surface area contributed by atoms with Crippen LogP contribution in [0.15, 0.2) is 53.0 Å². The molecule has 0 radical (unpaired) electrons. The highest BCUT2D eigenvalue weighted by Crippen LogP contribution is 2.31. The van der Waals surface area contributed by atoms with Crippen LogP contribution in [0.4, 0.5) is 4.79 Å². The molecule has 0 spiro atoms. The topological polar surface area (TPSA) is 58.6 Å². The Hall–Kier alpha value is -2.60. The third-order valence-electron chi connectivity index (χ3n) is 4.54. The number of hydrogen-bond donors (Lipinski definition) is 1. The minimum Gasteiger partial charge on any atom is -0.466 e. The third kappa shape index (κ3) is 3.65. The summed E-state index contributed by atoms with van der Waals surface area (Å²) in [5.41, 5.74) is 3.06. The fraction of sp³-hybridized carbons (Fsp3) is 0.300. The van der Waals surface area contributed by atoms with Gasteiger partial charge in [-0.25, -0.2) is 9.59 Å². The van der Waals surface area contributed by atoms with Crippen LogP contribution < -0.4 is 5.32 Å². The normalized spacial score (nSPS) is 17.3. The molecule has 1 aromatic heterocycles. The highest BCUT2D eigenvalue weighted by Gasteiger charge is 2.36. The minimum absolute atomic E-state index is 0.196. The number of carbonyl (C=O) groups is 2. The van der Waals surface area contributed by atoms with Gasteiger partial charge in [-0.2, -0.15) is 0 Å². The van der Waals surface area contributed by atoms with Crippen LogP contribution in [0.1, 0.15) is 29.0 Å². The zero-order valence-electron chi connectivity index (χ0n) is 15.1.